The second kappa shape index (κ2) is 8.59. The Hall–Kier alpha value is -2.45. The lowest BCUT2D eigenvalue weighted by Crippen LogP contribution is -2.33. The summed E-state index contributed by atoms with van der Waals surface area (Å²) in [5.41, 5.74) is -3.09. The van der Waals surface area contributed by atoms with Crippen LogP contribution < -0.4 is 5.32 Å². The molecule has 4 atom stereocenters. The summed E-state index contributed by atoms with van der Waals surface area (Å²) >= 11 is -0.186. The van der Waals surface area contributed by atoms with Gasteiger partial charge in [-0.2, -0.15) is 13.2 Å². The van der Waals surface area contributed by atoms with E-state index >= 15 is 0 Å². The Labute approximate surface area is 177 Å². The largest absolute Gasteiger partial charge is 0.446 e. The van der Waals surface area contributed by atoms with Gasteiger partial charge >= 0.3 is 5.51 Å². The van der Waals surface area contributed by atoms with E-state index in [0.717, 1.165) is 0 Å². The van der Waals surface area contributed by atoms with Gasteiger partial charge in [0.2, 0.25) is 0 Å². The molecule has 1 aromatic carbocycles. The summed E-state index contributed by atoms with van der Waals surface area (Å²) < 4.78 is 44.7. The fourth-order valence-electron chi connectivity index (χ4n) is 3.32. The number of nitrogens with zero attached hydrogens (tertiary/aromatic N) is 4. The number of ether oxygens (including phenoxy) is 1. The second-order valence-electron chi connectivity index (χ2n) is 6.82. The molecular weight excluding hydrogens is 439 g/mol. The van der Waals surface area contributed by atoms with Gasteiger partial charge in [-0.25, -0.2) is 15.0 Å². The average molecular weight is 457 g/mol. The van der Waals surface area contributed by atoms with Crippen LogP contribution >= 0.6 is 11.8 Å². The topological polar surface area (TPSA) is 126 Å². The number of alkyl halides is 3. The molecule has 0 bridgehead atoms. The highest BCUT2D eigenvalue weighted by molar-refractivity contribution is 8.00. The molecule has 3 heterocycles. The van der Waals surface area contributed by atoms with E-state index in [4.69, 9.17) is 4.74 Å². The molecule has 0 spiro atoms. The first-order valence-corrected chi connectivity index (χ1v) is 9.97. The Morgan fingerprint density at radius 1 is 1.16 bits per heavy atom. The van der Waals surface area contributed by atoms with Gasteiger partial charge in [0.05, 0.1) is 12.9 Å². The first kappa shape index (κ1) is 21.8. The fraction of sp³-hybridized carbons (Fsp3) is 0.389. The van der Waals surface area contributed by atoms with Crippen molar-refractivity contribution in [3.8, 4) is 0 Å². The van der Waals surface area contributed by atoms with Crippen molar-refractivity contribution < 1.29 is 33.2 Å². The van der Waals surface area contributed by atoms with Gasteiger partial charge in [-0.15, -0.1) is 0 Å². The van der Waals surface area contributed by atoms with Crippen LogP contribution in [0.1, 0.15) is 11.8 Å². The number of thioether (sulfide) groups is 1. The number of benzene rings is 1. The Morgan fingerprint density at radius 3 is 2.68 bits per heavy atom. The molecule has 31 heavy (non-hydrogen) atoms. The van der Waals surface area contributed by atoms with Crippen LogP contribution in [0.2, 0.25) is 0 Å². The maximum Gasteiger partial charge on any atom is 0.446 e. The van der Waals surface area contributed by atoms with Crippen LogP contribution in [-0.4, -0.2) is 65.3 Å². The van der Waals surface area contributed by atoms with Gasteiger partial charge in [0, 0.05) is 11.4 Å². The van der Waals surface area contributed by atoms with Gasteiger partial charge in [0.15, 0.2) is 23.2 Å². The predicted molar refractivity (Wildman–Crippen MR) is 104 cm³/mol. The van der Waals surface area contributed by atoms with Crippen molar-refractivity contribution in [2.24, 2.45) is 0 Å². The van der Waals surface area contributed by atoms with Gasteiger partial charge in [-0.3, -0.25) is 4.57 Å². The van der Waals surface area contributed by atoms with Crippen molar-refractivity contribution in [2.45, 2.75) is 41.5 Å². The van der Waals surface area contributed by atoms with Gasteiger partial charge < -0.3 is 25.4 Å². The molecule has 9 nitrogen and oxygen atoms in total. The highest BCUT2D eigenvalue weighted by Gasteiger charge is 2.44. The molecule has 0 saturated carbocycles. The molecule has 0 radical (unpaired) electrons. The summed E-state index contributed by atoms with van der Waals surface area (Å²) in [5, 5.41) is 32.5. The second-order valence-corrected chi connectivity index (χ2v) is 7.96. The third kappa shape index (κ3) is 4.60. The number of rotatable bonds is 6. The van der Waals surface area contributed by atoms with Gasteiger partial charge in [-0.05, 0) is 29.5 Å². The van der Waals surface area contributed by atoms with E-state index in [2.05, 4.69) is 20.3 Å². The third-order valence-electron chi connectivity index (χ3n) is 4.74. The number of hydrogen-bond acceptors (Lipinski definition) is 9. The molecule has 0 amide bonds. The van der Waals surface area contributed by atoms with Crippen LogP contribution in [0.5, 0.6) is 0 Å². The van der Waals surface area contributed by atoms with Crippen LogP contribution in [-0.2, 0) is 11.3 Å². The highest BCUT2D eigenvalue weighted by Crippen LogP contribution is 2.37. The van der Waals surface area contributed by atoms with E-state index in [1.165, 1.54) is 35.4 Å². The first-order chi connectivity index (χ1) is 14.8. The zero-order valence-electron chi connectivity index (χ0n) is 15.8. The molecule has 13 heteroatoms. The Morgan fingerprint density at radius 2 is 1.97 bits per heavy atom. The van der Waals surface area contributed by atoms with Crippen molar-refractivity contribution in [2.75, 3.05) is 11.9 Å². The first-order valence-electron chi connectivity index (χ1n) is 9.15. The Balaban J connectivity index is 1.54. The standard InChI is InChI=1S/C18H18F3N5O4S/c19-18(20,21)31-10-3-1-2-9(4-10)5-22-15-12-16(24-7-23-15)26(8-25-12)17-14(29)13(28)11(6-27)30-17/h1-4,7-8,11,13-14,17,27-29H,5-6H2,(H,22,23,24)/t11-,13-,14-,17-/m1/s1. The van der Waals surface area contributed by atoms with Crippen molar-refractivity contribution in [3.63, 3.8) is 0 Å². The highest BCUT2D eigenvalue weighted by atomic mass is 32.2. The molecule has 2 aromatic heterocycles. The number of hydrogen-bond donors (Lipinski definition) is 4. The van der Waals surface area contributed by atoms with Gasteiger partial charge in [-0.1, -0.05) is 12.1 Å². The molecule has 1 fully saturated rings. The minimum Gasteiger partial charge on any atom is -0.394 e. The van der Waals surface area contributed by atoms with Crippen molar-refractivity contribution in [1.29, 1.82) is 0 Å². The molecule has 1 saturated heterocycles. The minimum absolute atomic E-state index is 0.0771. The molecule has 4 rings (SSSR count). The Kier molecular flexibility index (Phi) is 6.03. The SMILES string of the molecule is OC[C@H]1O[C@@H](n2cnc3c(NCc4cccc(SC(F)(F)F)c4)ncnc32)[C@H](O)[C@@H]1O. The molecule has 3 aromatic rings. The van der Waals surface area contributed by atoms with E-state index in [0.29, 0.717) is 22.5 Å². The summed E-state index contributed by atoms with van der Waals surface area (Å²) in [4.78, 5) is 12.6. The molecule has 4 N–H and O–H groups in total. The van der Waals surface area contributed by atoms with E-state index in [1.54, 1.807) is 6.07 Å². The molecule has 1 aliphatic rings. The molecule has 1 aliphatic heterocycles. The van der Waals surface area contributed by atoms with Crippen molar-refractivity contribution >= 4 is 28.7 Å². The van der Waals surface area contributed by atoms with Crippen LogP contribution in [0.15, 0.2) is 41.8 Å². The number of halogens is 3. The summed E-state index contributed by atoms with van der Waals surface area (Å²) in [5.74, 6) is 0.337. The lowest BCUT2D eigenvalue weighted by Gasteiger charge is -2.16. The average Bonchev–Trinajstić information content (AvgIpc) is 3.27. The van der Waals surface area contributed by atoms with Gasteiger partial charge in [0.1, 0.15) is 24.6 Å². The maximum absolute atomic E-state index is 12.6. The number of aliphatic hydroxyl groups is 3. The van der Waals surface area contributed by atoms with Crippen LogP contribution in [0.4, 0.5) is 19.0 Å². The molecule has 0 aliphatic carbocycles. The molecule has 166 valence electrons. The van der Waals surface area contributed by atoms with Crippen molar-refractivity contribution in [3.05, 3.63) is 42.5 Å². The van der Waals surface area contributed by atoms with E-state index < -0.39 is 36.7 Å². The van der Waals surface area contributed by atoms with Crippen LogP contribution in [0, 0.1) is 0 Å². The maximum atomic E-state index is 12.6. The van der Waals surface area contributed by atoms with Crippen LogP contribution in [0.3, 0.4) is 0 Å². The number of anilines is 1. The monoisotopic (exact) mass is 457 g/mol. The van der Waals surface area contributed by atoms with E-state index in [1.807, 2.05) is 0 Å². The summed E-state index contributed by atoms with van der Waals surface area (Å²) in [6.07, 6.45) is -1.89. The summed E-state index contributed by atoms with van der Waals surface area (Å²) in [7, 11) is 0. The number of aromatic nitrogens is 4. The predicted octanol–water partition coefficient (Wildman–Crippen LogP) is 1.66. The van der Waals surface area contributed by atoms with Crippen LogP contribution in [0.25, 0.3) is 11.2 Å². The number of nitrogens with one attached hydrogen (secondary N) is 1. The normalized spacial score (nSPS) is 24.1. The lowest BCUT2D eigenvalue weighted by atomic mass is 10.1. The summed E-state index contributed by atoms with van der Waals surface area (Å²) in [6.45, 7) is -0.270. The number of fused-ring (bicyclic) bond motifs is 1. The van der Waals surface area contributed by atoms with E-state index in [-0.39, 0.29) is 23.2 Å². The molecule has 0 unspecified atom stereocenters. The Bertz CT molecular complexity index is 1070. The number of imidazole rings is 1. The molecular formula is C18H18F3N5O4S. The lowest BCUT2D eigenvalue weighted by molar-refractivity contribution is -0.0511. The third-order valence-corrected chi connectivity index (χ3v) is 5.46. The number of aliphatic hydroxyl groups excluding tert-OH is 3. The van der Waals surface area contributed by atoms with E-state index in [9.17, 15) is 28.5 Å². The smallest absolute Gasteiger partial charge is 0.394 e. The van der Waals surface area contributed by atoms with Gasteiger partial charge in [0.25, 0.3) is 0 Å². The van der Waals surface area contributed by atoms with Crippen molar-refractivity contribution in [1.82, 2.24) is 19.5 Å². The fourth-order valence-corrected chi connectivity index (χ4v) is 3.94. The quantitative estimate of drug-likeness (QED) is 0.409. The zero-order chi connectivity index (χ0) is 22.2. The zero-order valence-corrected chi connectivity index (χ0v) is 16.6. The summed E-state index contributed by atoms with van der Waals surface area (Å²) in [6, 6.07) is 6.04. The minimum atomic E-state index is -4.37.